The topological polar surface area (TPSA) is 78.4 Å². The van der Waals surface area contributed by atoms with E-state index in [-0.39, 0.29) is 12.2 Å². The number of carbonyl (C=O) groups excluding carboxylic acids is 2. The van der Waals surface area contributed by atoms with Crippen molar-refractivity contribution >= 4 is 17.5 Å². The zero-order chi connectivity index (χ0) is 17.8. The van der Waals surface area contributed by atoms with Crippen molar-refractivity contribution in [3.63, 3.8) is 0 Å². The summed E-state index contributed by atoms with van der Waals surface area (Å²) >= 11 is 0. The van der Waals surface area contributed by atoms with E-state index in [1.54, 1.807) is 6.92 Å². The Kier molecular flexibility index (Phi) is 5.70. The number of hydrogen-bond donors (Lipinski definition) is 3. The highest BCUT2D eigenvalue weighted by Crippen LogP contribution is 2.32. The van der Waals surface area contributed by atoms with E-state index in [0.717, 1.165) is 6.07 Å². The summed E-state index contributed by atoms with van der Waals surface area (Å²) < 4.78 is 50.8. The third kappa shape index (κ3) is 5.51. The van der Waals surface area contributed by atoms with Gasteiger partial charge in [0.25, 0.3) is 0 Å². The van der Waals surface area contributed by atoms with Crippen LogP contribution >= 0.6 is 0 Å². The van der Waals surface area contributed by atoms with Gasteiger partial charge in [-0.3, -0.25) is 9.59 Å². The van der Waals surface area contributed by atoms with E-state index in [9.17, 15) is 32.3 Å². The van der Waals surface area contributed by atoms with Gasteiger partial charge in [0.05, 0.1) is 11.2 Å². The van der Waals surface area contributed by atoms with Gasteiger partial charge in [-0.1, -0.05) is 6.92 Å². The summed E-state index contributed by atoms with van der Waals surface area (Å²) in [5.74, 6) is -3.84. The van der Waals surface area contributed by atoms with Gasteiger partial charge >= 0.3 is 18.0 Å². The lowest BCUT2D eigenvalue weighted by Crippen LogP contribution is -2.44. The number of anilines is 1. The van der Waals surface area contributed by atoms with E-state index >= 15 is 0 Å². The molecule has 0 aliphatic carbocycles. The SMILES string of the molecule is CC[C@@](C)(O)CNC(=O)C(=O)Nc1ccc(F)c(C(F)(F)F)c1. The minimum Gasteiger partial charge on any atom is -0.388 e. The summed E-state index contributed by atoms with van der Waals surface area (Å²) in [5, 5.41) is 13.8. The molecular weight excluding hydrogens is 320 g/mol. The van der Waals surface area contributed by atoms with Gasteiger partial charge in [-0.2, -0.15) is 13.2 Å². The molecule has 1 aromatic rings. The van der Waals surface area contributed by atoms with Crippen LogP contribution < -0.4 is 10.6 Å². The predicted molar refractivity (Wildman–Crippen MR) is 74.0 cm³/mol. The normalized spacial score (nSPS) is 14.0. The van der Waals surface area contributed by atoms with Gasteiger partial charge in [0.1, 0.15) is 5.82 Å². The molecule has 0 aromatic heterocycles. The van der Waals surface area contributed by atoms with E-state index in [1.165, 1.54) is 6.92 Å². The van der Waals surface area contributed by atoms with Crippen molar-refractivity contribution < 1.29 is 32.3 Å². The molecule has 9 heteroatoms. The van der Waals surface area contributed by atoms with Crippen LogP contribution in [0, 0.1) is 5.82 Å². The molecule has 0 heterocycles. The Balaban J connectivity index is 2.76. The zero-order valence-corrected chi connectivity index (χ0v) is 12.4. The second kappa shape index (κ2) is 6.95. The van der Waals surface area contributed by atoms with E-state index in [4.69, 9.17) is 0 Å². The van der Waals surface area contributed by atoms with Gasteiger partial charge in [0.2, 0.25) is 0 Å². The standard InChI is InChI=1S/C14H16F4N2O3/c1-3-13(2,23)7-19-11(21)12(22)20-8-4-5-10(15)9(6-8)14(16,17)18/h4-6,23H,3,7H2,1-2H3,(H,19,21)(H,20,22)/t13-/m1/s1. The molecule has 128 valence electrons. The van der Waals surface area contributed by atoms with Crippen LogP contribution in [0.5, 0.6) is 0 Å². The summed E-state index contributed by atoms with van der Waals surface area (Å²) in [7, 11) is 0. The number of carbonyl (C=O) groups is 2. The van der Waals surface area contributed by atoms with E-state index < -0.39 is 35.0 Å². The summed E-state index contributed by atoms with van der Waals surface area (Å²) in [5.41, 5.74) is -3.14. The molecule has 0 saturated heterocycles. The van der Waals surface area contributed by atoms with Crippen molar-refractivity contribution in [2.45, 2.75) is 32.0 Å². The molecule has 2 amide bonds. The molecule has 0 unspecified atom stereocenters. The molecule has 5 nitrogen and oxygen atoms in total. The molecule has 0 spiro atoms. The Morgan fingerprint density at radius 3 is 2.35 bits per heavy atom. The second-order valence-electron chi connectivity index (χ2n) is 5.18. The van der Waals surface area contributed by atoms with Crippen molar-refractivity contribution in [2.75, 3.05) is 11.9 Å². The maximum absolute atomic E-state index is 13.1. The molecule has 0 radical (unpaired) electrons. The molecule has 1 atom stereocenters. The van der Waals surface area contributed by atoms with Gasteiger partial charge < -0.3 is 15.7 Å². The van der Waals surface area contributed by atoms with Crippen molar-refractivity contribution in [1.82, 2.24) is 5.32 Å². The average Bonchev–Trinajstić information content (AvgIpc) is 2.45. The van der Waals surface area contributed by atoms with E-state index in [1.807, 2.05) is 5.32 Å². The van der Waals surface area contributed by atoms with Crippen LogP contribution in [0.4, 0.5) is 23.2 Å². The Hall–Kier alpha value is -2.16. The minimum atomic E-state index is -4.92. The summed E-state index contributed by atoms with van der Waals surface area (Å²) in [6.07, 6.45) is -4.60. The molecule has 0 fully saturated rings. The summed E-state index contributed by atoms with van der Waals surface area (Å²) in [4.78, 5) is 23.1. The molecule has 1 aromatic carbocycles. The monoisotopic (exact) mass is 336 g/mol. The predicted octanol–water partition coefficient (Wildman–Crippen LogP) is 2.06. The average molecular weight is 336 g/mol. The Bertz CT molecular complexity index is 600. The lowest BCUT2D eigenvalue weighted by atomic mass is 10.0. The Labute approximate surface area is 129 Å². The third-order valence-electron chi connectivity index (χ3n) is 3.13. The van der Waals surface area contributed by atoms with Crippen LogP contribution in [0.25, 0.3) is 0 Å². The lowest BCUT2D eigenvalue weighted by Gasteiger charge is -2.21. The number of nitrogens with one attached hydrogen (secondary N) is 2. The molecule has 0 aliphatic heterocycles. The number of halogens is 4. The van der Waals surface area contributed by atoms with Crippen LogP contribution in [-0.4, -0.2) is 29.1 Å². The van der Waals surface area contributed by atoms with Crippen LogP contribution in [0.15, 0.2) is 18.2 Å². The van der Waals surface area contributed by atoms with Gasteiger partial charge in [-0.15, -0.1) is 0 Å². The number of hydrogen-bond acceptors (Lipinski definition) is 3. The van der Waals surface area contributed by atoms with Crippen molar-refractivity contribution in [3.05, 3.63) is 29.6 Å². The Morgan fingerprint density at radius 2 is 1.83 bits per heavy atom. The van der Waals surface area contributed by atoms with E-state index in [2.05, 4.69) is 5.32 Å². The first kappa shape index (κ1) is 18.9. The first-order valence-electron chi connectivity index (χ1n) is 6.64. The van der Waals surface area contributed by atoms with Crippen molar-refractivity contribution in [1.29, 1.82) is 0 Å². The van der Waals surface area contributed by atoms with Gasteiger partial charge in [0.15, 0.2) is 0 Å². The number of aliphatic hydroxyl groups is 1. The van der Waals surface area contributed by atoms with Crippen molar-refractivity contribution in [3.8, 4) is 0 Å². The van der Waals surface area contributed by atoms with Gasteiger partial charge in [-0.05, 0) is 31.5 Å². The molecular formula is C14H16F4N2O3. The summed E-state index contributed by atoms with van der Waals surface area (Å²) in [6, 6.07) is 1.83. The molecule has 0 saturated carbocycles. The maximum Gasteiger partial charge on any atom is 0.419 e. The zero-order valence-electron chi connectivity index (χ0n) is 12.4. The second-order valence-corrected chi connectivity index (χ2v) is 5.18. The highest BCUT2D eigenvalue weighted by Gasteiger charge is 2.34. The molecule has 23 heavy (non-hydrogen) atoms. The maximum atomic E-state index is 13.1. The minimum absolute atomic E-state index is 0.201. The summed E-state index contributed by atoms with van der Waals surface area (Å²) in [6.45, 7) is 2.91. The fourth-order valence-electron chi connectivity index (χ4n) is 1.48. The highest BCUT2D eigenvalue weighted by molar-refractivity contribution is 6.39. The number of alkyl halides is 3. The van der Waals surface area contributed by atoms with E-state index in [0.29, 0.717) is 18.6 Å². The third-order valence-corrected chi connectivity index (χ3v) is 3.13. The molecule has 0 bridgehead atoms. The number of amides is 2. The first-order valence-corrected chi connectivity index (χ1v) is 6.64. The van der Waals surface area contributed by atoms with Crippen LogP contribution in [-0.2, 0) is 15.8 Å². The largest absolute Gasteiger partial charge is 0.419 e. The molecule has 0 aliphatic rings. The lowest BCUT2D eigenvalue weighted by molar-refractivity contribution is -0.140. The smallest absolute Gasteiger partial charge is 0.388 e. The Morgan fingerprint density at radius 1 is 1.22 bits per heavy atom. The van der Waals surface area contributed by atoms with Crippen LogP contribution in [0.1, 0.15) is 25.8 Å². The van der Waals surface area contributed by atoms with Crippen LogP contribution in [0.2, 0.25) is 0 Å². The first-order chi connectivity index (χ1) is 10.5. The molecule has 3 N–H and O–H groups in total. The number of benzene rings is 1. The van der Waals surface area contributed by atoms with Gasteiger partial charge in [0, 0.05) is 12.2 Å². The molecule has 1 rings (SSSR count). The highest BCUT2D eigenvalue weighted by atomic mass is 19.4. The van der Waals surface area contributed by atoms with Crippen LogP contribution in [0.3, 0.4) is 0 Å². The fourth-order valence-corrected chi connectivity index (χ4v) is 1.48. The van der Waals surface area contributed by atoms with Gasteiger partial charge in [-0.25, -0.2) is 4.39 Å². The fraction of sp³-hybridized carbons (Fsp3) is 0.429. The quantitative estimate of drug-likeness (QED) is 0.582. The van der Waals surface area contributed by atoms with Crippen molar-refractivity contribution in [2.24, 2.45) is 0 Å². The number of rotatable bonds is 4.